The molecule has 5 heteroatoms. The van der Waals surface area contributed by atoms with Crippen LogP contribution in [0.1, 0.15) is 44.2 Å². The minimum absolute atomic E-state index is 0.389. The van der Waals surface area contributed by atoms with E-state index in [1.807, 2.05) is 21.3 Å². The number of rotatable bonds is 5. The van der Waals surface area contributed by atoms with Gasteiger partial charge in [0.05, 0.1) is 11.4 Å². The molecular weight excluding hydrogens is 376 g/mol. The molecule has 136 valence electrons. The van der Waals surface area contributed by atoms with Gasteiger partial charge in [-0.05, 0) is 47.8 Å². The van der Waals surface area contributed by atoms with Gasteiger partial charge in [-0.25, -0.2) is 0 Å². The van der Waals surface area contributed by atoms with E-state index >= 15 is 0 Å². The molecule has 0 saturated heterocycles. The van der Waals surface area contributed by atoms with Crippen molar-refractivity contribution < 1.29 is 0 Å². The van der Waals surface area contributed by atoms with Crippen LogP contribution in [0, 0.1) is 4.77 Å². The highest BCUT2D eigenvalue weighted by molar-refractivity contribution is 7.83. The van der Waals surface area contributed by atoms with E-state index in [-0.39, 0.29) is 0 Å². The molecule has 26 heavy (non-hydrogen) atoms. The van der Waals surface area contributed by atoms with E-state index in [1.54, 1.807) is 0 Å². The van der Waals surface area contributed by atoms with E-state index in [0.29, 0.717) is 10.7 Å². The molecule has 0 N–H and O–H groups in total. The van der Waals surface area contributed by atoms with Crippen LogP contribution in [0.4, 0.5) is 0 Å². The van der Waals surface area contributed by atoms with Gasteiger partial charge in [-0.3, -0.25) is 9.13 Å². The number of thiol groups is 2. The molecule has 0 aliphatic carbocycles. The fourth-order valence-corrected chi connectivity index (χ4v) is 4.42. The zero-order valence-electron chi connectivity index (χ0n) is 15.3. The zero-order chi connectivity index (χ0) is 18.8. The van der Waals surface area contributed by atoms with Gasteiger partial charge in [0.1, 0.15) is 10.1 Å². The lowest BCUT2D eigenvalue weighted by atomic mass is 10.0. The van der Waals surface area contributed by atoms with Crippen molar-refractivity contribution in [1.82, 2.24) is 9.13 Å². The minimum Gasteiger partial charge on any atom is -0.278 e. The molecule has 2 nitrogen and oxygen atoms in total. The Bertz CT molecular complexity index is 983. The van der Waals surface area contributed by atoms with Crippen molar-refractivity contribution in [3.8, 4) is 11.4 Å². The maximum absolute atomic E-state index is 5.88. The molecule has 3 aromatic rings. The topological polar surface area (TPSA) is 9.86 Å². The van der Waals surface area contributed by atoms with Gasteiger partial charge in [0.25, 0.3) is 0 Å². The third kappa shape index (κ3) is 3.40. The second-order valence-corrected chi connectivity index (χ2v) is 7.91. The van der Waals surface area contributed by atoms with Gasteiger partial charge in [0, 0.05) is 0 Å². The molecule has 0 aliphatic rings. The Balaban J connectivity index is 2.29. The quantitative estimate of drug-likeness (QED) is 0.360. The lowest BCUT2D eigenvalue weighted by molar-refractivity contribution is 0.821. The molecule has 1 aromatic heterocycles. The molecule has 0 bridgehead atoms. The summed E-state index contributed by atoms with van der Waals surface area (Å²) in [4.78, 5) is 0. The third-order valence-electron chi connectivity index (χ3n) is 4.56. The fourth-order valence-electron chi connectivity index (χ4n) is 3.30. The molecule has 1 heterocycles. The highest BCUT2D eigenvalue weighted by Crippen LogP contribution is 2.33. The molecule has 0 atom stereocenters. The van der Waals surface area contributed by atoms with Crippen molar-refractivity contribution in [2.75, 3.05) is 0 Å². The van der Waals surface area contributed by atoms with Gasteiger partial charge >= 0.3 is 0 Å². The van der Waals surface area contributed by atoms with Crippen LogP contribution in [0.2, 0.25) is 0 Å². The Morgan fingerprint density at radius 1 is 0.885 bits per heavy atom. The summed E-state index contributed by atoms with van der Waals surface area (Å²) >= 11 is 15.4. The number of benzene rings is 2. The first kappa shape index (κ1) is 19.3. The van der Waals surface area contributed by atoms with Crippen molar-refractivity contribution in [1.29, 1.82) is 0 Å². The predicted molar refractivity (Wildman–Crippen MR) is 119 cm³/mol. The highest BCUT2D eigenvalue weighted by Gasteiger charge is 2.19. The van der Waals surface area contributed by atoms with E-state index < -0.39 is 0 Å². The van der Waals surface area contributed by atoms with Crippen LogP contribution in [-0.4, -0.2) is 9.13 Å². The lowest BCUT2D eigenvalue weighted by Gasteiger charge is -2.14. The fraction of sp³-hybridized carbons (Fsp3) is 0.286. The van der Waals surface area contributed by atoms with Gasteiger partial charge in [-0.1, -0.05) is 63.6 Å². The summed E-state index contributed by atoms with van der Waals surface area (Å²) in [6, 6.07) is 16.7. The summed E-state index contributed by atoms with van der Waals surface area (Å²) in [6.07, 6.45) is 2.08. The SMILES string of the molecule is CCCc1ccccc1-n1c(S)c(S)n(-c2ccccc2C(C)C)c1=S. The van der Waals surface area contributed by atoms with Crippen LogP contribution in [0.15, 0.2) is 58.6 Å². The molecule has 0 saturated carbocycles. The van der Waals surface area contributed by atoms with Crippen molar-refractivity contribution in [2.45, 2.75) is 49.6 Å². The monoisotopic (exact) mass is 400 g/mol. The van der Waals surface area contributed by atoms with Crippen LogP contribution in [0.3, 0.4) is 0 Å². The van der Waals surface area contributed by atoms with Crippen LogP contribution in [-0.2, 0) is 6.42 Å². The number of hydrogen-bond acceptors (Lipinski definition) is 3. The molecule has 0 radical (unpaired) electrons. The Hall–Kier alpha value is -1.43. The van der Waals surface area contributed by atoms with E-state index in [4.69, 9.17) is 37.5 Å². The molecule has 0 unspecified atom stereocenters. The molecular formula is C21H24N2S3. The number of imidazole rings is 1. The molecule has 0 fully saturated rings. The normalized spacial score (nSPS) is 11.3. The minimum atomic E-state index is 0.389. The van der Waals surface area contributed by atoms with E-state index in [9.17, 15) is 0 Å². The standard InChI is InChI=1S/C21H24N2S3/c1-4-9-15-10-5-7-12-17(15)22-19(24)20(25)23(21(22)26)18-13-8-6-11-16(18)14(2)3/h5-8,10-14,24-25H,4,9H2,1-3H3. The van der Waals surface area contributed by atoms with Gasteiger partial charge in [0.15, 0.2) is 4.77 Å². The van der Waals surface area contributed by atoms with Gasteiger partial charge in [-0.15, -0.1) is 25.3 Å². The largest absolute Gasteiger partial charge is 0.278 e. The predicted octanol–water partition coefficient (Wildman–Crippen LogP) is 6.65. The number of para-hydroxylation sites is 2. The Labute approximate surface area is 171 Å². The highest BCUT2D eigenvalue weighted by atomic mass is 32.1. The van der Waals surface area contributed by atoms with Crippen molar-refractivity contribution >= 4 is 37.5 Å². The maximum Gasteiger partial charge on any atom is 0.191 e. The summed E-state index contributed by atoms with van der Waals surface area (Å²) in [7, 11) is 0. The van der Waals surface area contributed by atoms with E-state index in [1.165, 1.54) is 11.1 Å². The van der Waals surface area contributed by atoms with Gasteiger partial charge in [0.2, 0.25) is 0 Å². The van der Waals surface area contributed by atoms with Crippen LogP contribution in [0.25, 0.3) is 11.4 Å². The Kier molecular flexibility index (Phi) is 6.00. The lowest BCUT2D eigenvalue weighted by Crippen LogP contribution is -2.04. The van der Waals surface area contributed by atoms with Crippen LogP contribution in [0.5, 0.6) is 0 Å². The molecule has 0 amide bonds. The summed E-state index contributed by atoms with van der Waals surface area (Å²) in [6.45, 7) is 6.57. The Morgan fingerprint density at radius 2 is 1.42 bits per heavy atom. The zero-order valence-corrected chi connectivity index (χ0v) is 17.9. The number of aromatic nitrogens is 2. The van der Waals surface area contributed by atoms with Crippen LogP contribution >= 0.6 is 37.5 Å². The first-order valence-electron chi connectivity index (χ1n) is 8.90. The summed E-state index contributed by atoms with van der Waals surface area (Å²) in [5, 5.41) is 1.53. The number of aryl methyl sites for hydroxylation is 1. The molecule has 3 rings (SSSR count). The maximum atomic E-state index is 5.88. The summed E-state index contributed by atoms with van der Waals surface area (Å²) in [5.41, 5.74) is 4.66. The van der Waals surface area contributed by atoms with Crippen molar-refractivity contribution in [2.24, 2.45) is 0 Å². The smallest absolute Gasteiger partial charge is 0.191 e. The van der Waals surface area contributed by atoms with E-state index in [0.717, 1.165) is 34.3 Å². The van der Waals surface area contributed by atoms with Crippen molar-refractivity contribution in [3.63, 3.8) is 0 Å². The number of nitrogens with zero attached hydrogens (tertiary/aromatic N) is 2. The van der Waals surface area contributed by atoms with Crippen LogP contribution < -0.4 is 0 Å². The second-order valence-electron chi connectivity index (χ2n) is 6.69. The Morgan fingerprint density at radius 3 is 2.04 bits per heavy atom. The van der Waals surface area contributed by atoms with Crippen molar-refractivity contribution in [3.05, 3.63) is 64.4 Å². The molecule has 2 aromatic carbocycles. The summed E-state index contributed by atoms with van der Waals surface area (Å²) in [5.74, 6) is 0.389. The first-order chi connectivity index (χ1) is 12.5. The number of hydrogen-bond donors (Lipinski definition) is 2. The molecule has 0 spiro atoms. The average Bonchev–Trinajstić information content (AvgIpc) is 2.85. The third-order valence-corrected chi connectivity index (χ3v) is 5.92. The second kappa shape index (κ2) is 8.07. The molecule has 0 aliphatic heterocycles. The average molecular weight is 401 g/mol. The van der Waals surface area contributed by atoms with Gasteiger partial charge in [-0.2, -0.15) is 0 Å². The summed E-state index contributed by atoms with van der Waals surface area (Å²) < 4.78 is 4.75. The van der Waals surface area contributed by atoms with E-state index in [2.05, 4.69) is 57.2 Å². The first-order valence-corrected chi connectivity index (χ1v) is 10.2. The van der Waals surface area contributed by atoms with Gasteiger partial charge < -0.3 is 0 Å².